The molecule has 32 heavy (non-hydrogen) atoms. The highest BCUT2D eigenvalue weighted by atomic mass is 16.5. The molecule has 7 nitrogen and oxygen atoms in total. The molecule has 1 amide bonds. The van der Waals surface area contributed by atoms with Gasteiger partial charge in [0.2, 0.25) is 11.7 Å². The minimum absolute atomic E-state index is 0.0981. The Balaban J connectivity index is 1.29. The van der Waals surface area contributed by atoms with E-state index in [0.717, 1.165) is 29.4 Å². The Morgan fingerprint density at radius 1 is 1.22 bits per heavy atom. The van der Waals surface area contributed by atoms with Gasteiger partial charge in [-0.2, -0.15) is 4.98 Å². The second-order valence-electron chi connectivity index (χ2n) is 8.28. The van der Waals surface area contributed by atoms with Gasteiger partial charge in [-0.05, 0) is 43.4 Å². The smallest absolute Gasteiger partial charge is 0.289 e. The number of hydrogen-bond acceptors (Lipinski definition) is 6. The van der Waals surface area contributed by atoms with E-state index in [2.05, 4.69) is 10.1 Å². The minimum atomic E-state index is -0.0981. The van der Waals surface area contributed by atoms with Crippen molar-refractivity contribution in [2.75, 3.05) is 20.2 Å². The lowest BCUT2D eigenvalue weighted by Gasteiger charge is -2.31. The molecule has 4 aromatic rings. The Labute approximate surface area is 186 Å². The number of ether oxygens (including phenoxy) is 1. The van der Waals surface area contributed by atoms with Gasteiger partial charge in [-0.25, -0.2) is 0 Å². The highest BCUT2D eigenvalue weighted by Gasteiger charge is 2.28. The molecular weight excluding hydrogens is 406 g/mol. The summed E-state index contributed by atoms with van der Waals surface area (Å²) in [6.07, 6.45) is 2.59. The minimum Gasteiger partial charge on any atom is -0.493 e. The Morgan fingerprint density at radius 3 is 2.94 bits per heavy atom. The third kappa shape index (κ3) is 3.86. The van der Waals surface area contributed by atoms with E-state index in [1.807, 2.05) is 54.3 Å². The first-order chi connectivity index (χ1) is 15.6. The summed E-state index contributed by atoms with van der Waals surface area (Å²) in [4.78, 5) is 19.6. The highest BCUT2D eigenvalue weighted by molar-refractivity contribution is 5.97. The zero-order valence-corrected chi connectivity index (χ0v) is 18.2. The van der Waals surface area contributed by atoms with Crippen LogP contribution in [0.1, 0.15) is 34.9 Å². The van der Waals surface area contributed by atoms with Crippen molar-refractivity contribution in [2.45, 2.75) is 26.2 Å². The number of hydrogen-bond donors (Lipinski definition) is 0. The number of rotatable bonds is 5. The van der Waals surface area contributed by atoms with Crippen molar-refractivity contribution in [1.82, 2.24) is 15.0 Å². The van der Waals surface area contributed by atoms with E-state index in [1.54, 1.807) is 13.2 Å². The molecule has 2 aromatic carbocycles. The molecule has 5 rings (SSSR count). The van der Waals surface area contributed by atoms with Crippen LogP contribution in [0.3, 0.4) is 0 Å². The number of nitrogens with zero attached hydrogens (tertiary/aromatic N) is 3. The number of likely N-dealkylation sites (tertiary alicyclic amines) is 1. The van der Waals surface area contributed by atoms with Gasteiger partial charge in [-0.15, -0.1) is 0 Å². The zero-order chi connectivity index (χ0) is 22.1. The van der Waals surface area contributed by atoms with Crippen molar-refractivity contribution in [3.63, 3.8) is 0 Å². The summed E-state index contributed by atoms with van der Waals surface area (Å²) < 4.78 is 16.7. The van der Waals surface area contributed by atoms with E-state index in [1.165, 1.54) is 0 Å². The molecule has 0 N–H and O–H groups in total. The Hall–Kier alpha value is -3.61. The summed E-state index contributed by atoms with van der Waals surface area (Å²) in [7, 11) is 1.59. The largest absolute Gasteiger partial charge is 0.493 e. The van der Waals surface area contributed by atoms with Gasteiger partial charge < -0.3 is 18.6 Å². The molecule has 0 aliphatic carbocycles. The van der Waals surface area contributed by atoms with Crippen molar-refractivity contribution in [3.05, 3.63) is 65.7 Å². The number of amides is 1. The molecule has 1 fully saturated rings. The monoisotopic (exact) mass is 431 g/mol. The van der Waals surface area contributed by atoms with E-state index in [4.69, 9.17) is 13.7 Å². The third-order valence-corrected chi connectivity index (χ3v) is 6.06. The maximum Gasteiger partial charge on any atom is 0.289 e. The predicted octanol–water partition coefficient (Wildman–Crippen LogP) is 4.89. The summed E-state index contributed by atoms with van der Waals surface area (Å²) in [6.45, 7) is 3.38. The fourth-order valence-corrected chi connectivity index (χ4v) is 4.39. The van der Waals surface area contributed by atoms with Crippen molar-refractivity contribution < 1.29 is 18.5 Å². The molecule has 0 bridgehead atoms. The van der Waals surface area contributed by atoms with Crippen LogP contribution in [0.25, 0.3) is 22.4 Å². The van der Waals surface area contributed by atoms with Crippen LogP contribution in [0.4, 0.5) is 0 Å². The van der Waals surface area contributed by atoms with E-state index in [9.17, 15) is 4.79 Å². The van der Waals surface area contributed by atoms with Crippen molar-refractivity contribution >= 4 is 16.9 Å². The molecule has 1 aliphatic heterocycles. The third-order valence-electron chi connectivity index (χ3n) is 6.06. The van der Waals surface area contributed by atoms with Gasteiger partial charge in [0.25, 0.3) is 5.91 Å². The molecular formula is C25H25N3O4. The standard InChI is InChI=1S/C25H25N3O4/c1-16-7-3-4-10-19(16)24-26-22(32-27-24)13-17-8-6-12-28(15-17)25(29)21-14-18-9-5-11-20(30-2)23(18)31-21/h3-5,7,9-11,14,17H,6,8,12-13,15H2,1-2H3/t17-/m0/s1. The SMILES string of the molecule is COc1cccc2cc(C(=O)N3CCC[C@@H](Cc4nc(-c5ccccc5C)no4)C3)oc12. The number of carbonyl (C=O) groups excluding carboxylic acids is 1. The Morgan fingerprint density at radius 2 is 2.09 bits per heavy atom. The number of fused-ring (bicyclic) bond motifs is 1. The second kappa shape index (κ2) is 8.49. The summed E-state index contributed by atoms with van der Waals surface area (Å²) in [6, 6.07) is 15.4. The maximum absolute atomic E-state index is 13.1. The molecule has 3 heterocycles. The van der Waals surface area contributed by atoms with Gasteiger partial charge in [-0.1, -0.05) is 41.6 Å². The summed E-state index contributed by atoms with van der Waals surface area (Å²) in [5, 5.41) is 5.02. The van der Waals surface area contributed by atoms with Crippen molar-refractivity contribution in [1.29, 1.82) is 0 Å². The number of aromatic nitrogens is 2. The quantitative estimate of drug-likeness (QED) is 0.447. The number of methoxy groups -OCH3 is 1. The first-order valence-electron chi connectivity index (χ1n) is 10.9. The van der Waals surface area contributed by atoms with Crippen LogP contribution in [-0.2, 0) is 6.42 Å². The van der Waals surface area contributed by atoms with Crippen LogP contribution in [0.15, 0.2) is 57.5 Å². The number of carbonyl (C=O) groups is 1. The molecule has 1 aliphatic rings. The number of para-hydroxylation sites is 1. The molecule has 0 radical (unpaired) electrons. The fourth-order valence-electron chi connectivity index (χ4n) is 4.39. The van der Waals surface area contributed by atoms with Crippen molar-refractivity contribution in [3.8, 4) is 17.1 Å². The number of aryl methyl sites for hydroxylation is 1. The lowest BCUT2D eigenvalue weighted by Crippen LogP contribution is -2.40. The molecule has 164 valence electrons. The van der Waals surface area contributed by atoms with Gasteiger partial charge in [0.05, 0.1) is 7.11 Å². The van der Waals surface area contributed by atoms with Crippen LogP contribution in [0, 0.1) is 12.8 Å². The Kier molecular flexibility index (Phi) is 5.39. The van der Waals surface area contributed by atoms with Crippen LogP contribution >= 0.6 is 0 Å². The number of furan rings is 1. The van der Waals surface area contributed by atoms with E-state index in [-0.39, 0.29) is 11.8 Å². The van der Waals surface area contributed by atoms with Gasteiger partial charge in [0, 0.05) is 30.5 Å². The van der Waals surface area contributed by atoms with Crippen LogP contribution in [-0.4, -0.2) is 41.1 Å². The summed E-state index contributed by atoms with van der Waals surface area (Å²) >= 11 is 0. The predicted molar refractivity (Wildman–Crippen MR) is 120 cm³/mol. The maximum atomic E-state index is 13.1. The number of piperidine rings is 1. The first-order valence-corrected chi connectivity index (χ1v) is 10.9. The van der Waals surface area contributed by atoms with Crippen LogP contribution < -0.4 is 4.74 Å². The Bertz CT molecular complexity index is 1260. The van der Waals surface area contributed by atoms with Crippen LogP contribution in [0.2, 0.25) is 0 Å². The average molecular weight is 431 g/mol. The topological polar surface area (TPSA) is 81.6 Å². The van der Waals surface area contributed by atoms with Gasteiger partial charge in [-0.3, -0.25) is 4.79 Å². The number of benzene rings is 2. The van der Waals surface area contributed by atoms with Gasteiger partial charge >= 0.3 is 0 Å². The van der Waals surface area contributed by atoms with E-state index in [0.29, 0.717) is 48.3 Å². The average Bonchev–Trinajstić information content (AvgIpc) is 3.46. The molecule has 0 unspecified atom stereocenters. The van der Waals surface area contributed by atoms with E-state index >= 15 is 0 Å². The van der Waals surface area contributed by atoms with Gasteiger partial charge in [0.15, 0.2) is 17.1 Å². The molecule has 0 spiro atoms. The van der Waals surface area contributed by atoms with Crippen molar-refractivity contribution in [2.24, 2.45) is 5.92 Å². The molecule has 1 atom stereocenters. The zero-order valence-electron chi connectivity index (χ0n) is 18.2. The fraction of sp³-hybridized carbons (Fsp3) is 0.320. The molecule has 7 heteroatoms. The highest BCUT2D eigenvalue weighted by Crippen LogP contribution is 2.30. The molecule has 2 aromatic heterocycles. The second-order valence-corrected chi connectivity index (χ2v) is 8.28. The normalized spacial score (nSPS) is 16.4. The summed E-state index contributed by atoms with van der Waals surface area (Å²) in [5.41, 5.74) is 2.68. The lowest BCUT2D eigenvalue weighted by atomic mass is 9.94. The van der Waals surface area contributed by atoms with Crippen LogP contribution in [0.5, 0.6) is 5.75 Å². The lowest BCUT2D eigenvalue weighted by molar-refractivity contribution is 0.0638. The van der Waals surface area contributed by atoms with E-state index < -0.39 is 0 Å². The summed E-state index contributed by atoms with van der Waals surface area (Å²) in [5.74, 6) is 2.34. The molecule has 1 saturated heterocycles. The van der Waals surface area contributed by atoms with Gasteiger partial charge in [0.1, 0.15) is 0 Å². The molecule has 0 saturated carbocycles. The first kappa shape index (κ1) is 20.3.